The number of rotatable bonds is 11. The van der Waals surface area contributed by atoms with Crippen molar-refractivity contribution < 1.29 is 9.53 Å². The van der Waals surface area contributed by atoms with Crippen molar-refractivity contribution >= 4 is 5.91 Å². The van der Waals surface area contributed by atoms with E-state index in [9.17, 15) is 4.79 Å². The van der Waals surface area contributed by atoms with Crippen LogP contribution in [0.4, 0.5) is 0 Å². The van der Waals surface area contributed by atoms with Gasteiger partial charge in [0.15, 0.2) is 0 Å². The van der Waals surface area contributed by atoms with Crippen molar-refractivity contribution in [3.63, 3.8) is 0 Å². The molecule has 0 aromatic heterocycles. The summed E-state index contributed by atoms with van der Waals surface area (Å²) in [6.07, 6.45) is 6.23. The molecule has 0 fully saturated rings. The highest BCUT2D eigenvalue weighted by atomic mass is 16.5. The summed E-state index contributed by atoms with van der Waals surface area (Å²) in [6.45, 7) is 7.40. The van der Waals surface area contributed by atoms with E-state index in [4.69, 9.17) is 4.74 Å². The van der Waals surface area contributed by atoms with Gasteiger partial charge in [-0.05, 0) is 20.3 Å². The third kappa shape index (κ3) is 9.42. The molecule has 4 heteroatoms. The van der Waals surface area contributed by atoms with Gasteiger partial charge in [-0.1, -0.05) is 32.6 Å². The molecule has 4 nitrogen and oxygen atoms in total. The number of ether oxygens (including phenoxy) is 1. The molecule has 2 atom stereocenters. The van der Waals surface area contributed by atoms with Crippen molar-refractivity contribution in [2.24, 2.45) is 0 Å². The van der Waals surface area contributed by atoms with Crippen LogP contribution in [0, 0.1) is 0 Å². The van der Waals surface area contributed by atoms with E-state index in [2.05, 4.69) is 24.5 Å². The summed E-state index contributed by atoms with van der Waals surface area (Å²) in [7, 11) is 1.63. The summed E-state index contributed by atoms with van der Waals surface area (Å²) in [5.74, 6) is 0.0486. The Balaban J connectivity index is 3.64. The molecule has 0 aromatic rings. The predicted octanol–water partition coefficient (Wildman–Crippen LogP) is 2.09. The Morgan fingerprint density at radius 3 is 2.56 bits per heavy atom. The van der Waals surface area contributed by atoms with Crippen LogP contribution in [0.5, 0.6) is 0 Å². The quantitative estimate of drug-likeness (QED) is 0.558. The molecule has 0 saturated carbocycles. The number of hydrogen-bond acceptors (Lipinski definition) is 3. The molecule has 0 rings (SSSR count). The van der Waals surface area contributed by atoms with E-state index < -0.39 is 0 Å². The fourth-order valence-electron chi connectivity index (χ4n) is 1.89. The van der Waals surface area contributed by atoms with Crippen LogP contribution in [0.15, 0.2) is 0 Å². The van der Waals surface area contributed by atoms with Gasteiger partial charge in [-0.15, -0.1) is 0 Å². The van der Waals surface area contributed by atoms with Crippen molar-refractivity contribution in [3.8, 4) is 0 Å². The molecular formula is C14H30N2O2. The molecule has 108 valence electrons. The number of hydrogen-bond donors (Lipinski definition) is 2. The molecule has 0 aromatic carbocycles. The second-order valence-electron chi connectivity index (χ2n) is 4.92. The third-order valence-corrected chi connectivity index (χ3v) is 3.02. The topological polar surface area (TPSA) is 50.4 Å². The zero-order valence-electron chi connectivity index (χ0n) is 12.4. The molecule has 0 saturated heterocycles. The van der Waals surface area contributed by atoms with Gasteiger partial charge in [-0.3, -0.25) is 4.79 Å². The molecule has 1 amide bonds. The maximum Gasteiger partial charge on any atom is 0.236 e. The molecule has 0 aliphatic carbocycles. The molecule has 0 bridgehead atoms. The van der Waals surface area contributed by atoms with Crippen molar-refractivity contribution in [1.82, 2.24) is 10.6 Å². The van der Waals surface area contributed by atoms with Crippen molar-refractivity contribution in [3.05, 3.63) is 0 Å². The average molecular weight is 258 g/mol. The summed E-state index contributed by atoms with van der Waals surface area (Å²) in [5.41, 5.74) is 0. The minimum atomic E-state index is -0.136. The van der Waals surface area contributed by atoms with Gasteiger partial charge in [0.05, 0.1) is 12.6 Å². The maximum atomic E-state index is 11.7. The van der Waals surface area contributed by atoms with E-state index in [-0.39, 0.29) is 11.9 Å². The number of carbonyl (C=O) groups excluding carboxylic acids is 1. The fraction of sp³-hybridized carbons (Fsp3) is 0.929. The summed E-state index contributed by atoms with van der Waals surface area (Å²) in [6, 6.07) is 0.257. The Morgan fingerprint density at radius 1 is 1.22 bits per heavy atom. The second kappa shape index (κ2) is 11.5. The monoisotopic (exact) mass is 258 g/mol. The molecule has 0 radical (unpaired) electrons. The molecule has 0 aliphatic rings. The Bertz CT molecular complexity index is 210. The van der Waals surface area contributed by atoms with E-state index in [0.717, 1.165) is 6.42 Å². The van der Waals surface area contributed by atoms with Gasteiger partial charge >= 0.3 is 0 Å². The number of nitrogens with one attached hydrogen (secondary N) is 2. The Kier molecular flexibility index (Phi) is 11.1. The van der Waals surface area contributed by atoms with Crippen LogP contribution in [0.25, 0.3) is 0 Å². The lowest BCUT2D eigenvalue weighted by molar-refractivity contribution is -0.123. The fourth-order valence-corrected chi connectivity index (χ4v) is 1.89. The van der Waals surface area contributed by atoms with Crippen molar-refractivity contribution in [2.75, 3.05) is 20.3 Å². The van der Waals surface area contributed by atoms with Crippen LogP contribution < -0.4 is 10.6 Å². The molecule has 0 spiro atoms. The second-order valence-corrected chi connectivity index (χ2v) is 4.92. The maximum absolute atomic E-state index is 11.7. The zero-order valence-corrected chi connectivity index (χ0v) is 12.4. The largest absolute Gasteiger partial charge is 0.383 e. The lowest BCUT2D eigenvalue weighted by atomic mass is 10.1. The van der Waals surface area contributed by atoms with Crippen LogP contribution in [0.2, 0.25) is 0 Å². The summed E-state index contributed by atoms with van der Waals surface area (Å²) >= 11 is 0. The molecule has 0 aliphatic heterocycles. The molecule has 0 heterocycles. The first-order valence-electron chi connectivity index (χ1n) is 7.14. The SMILES string of the molecule is CCCCCCC(C)NC(C)C(=O)NCCOC. The standard InChI is InChI=1S/C14H30N2O2/c1-5-6-7-8-9-12(2)16-13(3)14(17)15-10-11-18-4/h12-13,16H,5-11H2,1-4H3,(H,15,17). The van der Waals surface area contributed by atoms with Crippen molar-refractivity contribution in [1.29, 1.82) is 0 Å². The lowest BCUT2D eigenvalue weighted by Crippen LogP contribution is -2.46. The third-order valence-electron chi connectivity index (χ3n) is 3.02. The van der Waals surface area contributed by atoms with Gasteiger partial charge in [-0.25, -0.2) is 0 Å². The lowest BCUT2D eigenvalue weighted by Gasteiger charge is -2.19. The van der Waals surface area contributed by atoms with Gasteiger partial charge in [-0.2, -0.15) is 0 Å². The van der Waals surface area contributed by atoms with Gasteiger partial charge < -0.3 is 15.4 Å². The minimum Gasteiger partial charge on any atom is -0.383 e. The summed E-state index contributed by atoms with van der Waals surface area (Å²) < 4.78 is 4.89. The summed E-state index contributed by atoms with van der Waals surface area (Å²) in [5, 5.41) is 6.17. The molecule has 2 unspecified atom stereocenters. The first kappa shape index (κ1) is 17.4. The molecular weight excluding hydrogens is 228 g/mol. The smallest absolute Gasteiger partial charge is 0.236 e. The van der Waals surface area contributed by atoms with E-state index >= 15 is 0 Å². The van der Waals surface area contributed by atoms with Crippen LogP contribution in [0.3, 0.4) is 0 Å². The predicted molar refractivity (Wildman–Crippen MR) is 75.7 cm³/mol. The van der Waals surface area contributed by atoms with E-state index in [1.165, 1.54) is 25.7 Å². The Hall–Kier alpha value is -0.610. The van der Waals surface area contributed by atoms with Crippen LogP contribution in [-0.4, -0.2) is 38.3 Å². The van der Waals surface area contributed by atoms with E-state index in [1.54, 1.807) is 7.11 Å². The van der Waals surface area contributed by atoms with Gasteiger partial charge in [0.25, 0.3) is 0 Å². The Morgan fingerprint density at radius 2 is 1.94 bits per heavy atom. The van der Waals surface area contributed by atoms with Crippen LogP contribution in [-0.2, 0) is 9.53 Å². The number of carbonyl (C=O) groups is 1. The normalized spacial score (nSPS) is 14.2. The van der Waals surface area contributed by atoms with E-state index in [1.807, 2.05) is 6.92 Å². The van der Waals surface area contributed by atoms with Crippen LogP contribution in [0.1, 0.15) is 52.9 Å². The highest BCUT2D eigenvalue weighted by Crippen LogP contribution is 2.05. The van der Waals surface area contributed by atoms with E-state index in [0.29, 0.717) is 19.2 Å². The summed E-state index contributed by atoms with van der Waals surface area (Å²) in [4.78, 5) is 11.7. The number of amides is 1. The van der Waals surface area contributed by atoms with Gasteiger partial charge in [0.2, 0.25) is 5.91 Å². The molecule has 18 heavy (non-hydrogen) atoms. The first-order chi connectivity index (χ1) is 8.61. The first-order valence-corrected chi connectivity index (χ1v) is 7.14. The number of unbranched alkanes of at least 4 members (excludes halogenated alkanes) is 3. The molecule has 2 N–H and O–H groups in total. The van der Waals surface area contributed by atoms with Crippen molar-refractivity contribution in [2.45, 2.75) is 65.0 Å². The highest BCUT2D eigenvalue weighted by molar-refractivity contribution is 5.81. The van der Waals surface area contributed by atoms with Gasteiger partial charge in [0, 0.05) is 19.7 Å². The van der Waals surface area contributed by atoms with Crippen LogP contribution >= 0.6 is 0 Å². The highest BCUT2D eigenvalue weighted by Gasteiger charge is 2.14. The Labute approximate surface area is 112 Å². The number of methoxy groups -OCH3 is 1. The minimum absolute atomic E-state index is 0.0486. The zero-order chi connectivity index (χ0) is 13.8. The average Bonchev–Trinajstić information content (AvgIpc) is 2.34. The van der Waals surface area contributed by atoms with Gasteiger partial charge in [0.1, 0.15) is 0 Å².